The van der Waals surface area contributed by atoms with Gasteiger partial charge in [-0.3, -0.25) is 9.67 Å². The number of hydrogen-bond donors (Lipinski definition) is 1. The summed E-state index contributed by atoms with van der Waals surface area (Å²) in [6, 6.07) is 4.54. The van der Waals surface area contributed by atoms with Gasteiger partial charge in [-0.15, -0.1) is 0 Å². The van der Waals surface area contributed by atoms with E-state index >= 15 is 0 Å². The Kier molecular flexibility index (Phi) is 4.32. The molecule has 2 aromatic heterocycles. The largest absolute Gasteiger partial charge is 0.313 e. The molecule has 1 atom stereocenters. The quantitative estimate of drug-likeness (QED) is 0.894. The first-order chi connectivity index (χ1) is 9.15. The Hall–Kier alpha value is -1.68. The fraction of sp³-hybridized carbons (Fsp3) is 0.467. The van der Waals surface area contributed by atoms with Crippen molar-refractivity contribution in [2.75, 3.05) is 7.05 Å². The first-order valence-corrected chi connectivity index (χ1v) is 6.75. The molecule has 0 aliphatic rings. The van der Waals surface area contributed by atoms with Gasteiger partial charge in [-0.1, -0.05) is 13.0 Å². The van der Waals surface area contributed by atoms with Crippen LogP contribution in [0.15, 0.2) is 24.5 Å². The lowest BCUT2D eigenvalue weighted by Gasteiger charge is -2.15. The molecule has 0 radical (unpaired) electrons. The Labute approximate surface area is 114 Å². The van der Waals surface area contributed by atoms with E-state index in [2.05, 4.69) is 41.4 Å². The molecule has 4 heteroatoms. The van der Waals surface area contributed by atoms with Crippen LogP contribution in [0, 0.1) is 6.92 Å². The summed E-state index contributed by atoms with van der Waals surface area (Å²) >= 11 is 0. The summed E-state index contributed by atoms with van der Waals surface area (Å²) in [6.07, 6.45) is 5.83. The SMILES string of the molecule is CCc1ccc(CC(NC)c2cnn(C)c2C)nc1. The van der Waals surface area contributed by atoms with Crippen molar-refractivity contribution >= 4 is 0 Å². The highest BCUT2D eigenvalue weighted by molar-refractivity contribution is 5.23. The number of pyridine rings is 1. The first kappa shape index (κ1) is 13.7. The third-order valence-corrected chi connectivity index (χ3v) is 3.70. The van der Waals surface area contributed by atoms with E-state index < -0.39 is 0 Å². The van der Waals surface area contributed by atoms with Crippen LogP contribution < -0.4 is 5.32 Å². The standard InChI is InChI=1S/C15H22N4/c1-5-12-6-7-13(17-9-12)8-15(16-3)14-10-18-19(4)11(14)2/h6-7,9-10,15-16H,5,8H2,1-4H3. The second-order valence-corrected chi connectivity index (χ2v) is 4.87. The summed E-state index contributed by atoms with van der Waals surface area (Å²) in [5.74, 6) is 0. The summed E-state index contributed by atoms with van der Waals surface area (Å²) in [5.41, 5.74) is 4.83. The molecule has 1 N–H and O–H groups in total. The Bertz CT molecular complexity index is 528. The molecule has 0 aliphatic carbocycles. The van der Waals surface area contributed by atoms with Crippen molar-refractivity contribution in [3.05, 3.63) is 47.0 Å². The van der Waals surface area contributed by atoms with Crippen molar-refractivity contribution in [3.63, 3.8) is 0 Å². The molecule has 0 saturated heterocycles. The molecule has 0 spiro atoms. The lowest BCUT2D eigenvalue weighted by molar-refractivity contribution is 0.579. The van der Waals surface area contributed by atoms with Gasteiger partial charge in [0.25, 0.3) is 0 Å². The molecule has 0 aliphatic heterocycles. The van der Waals surface area contributed by atoms with E-state index in [1.807, 2.05) is 31.2 Å². The molecule has 2 rings (SSSR count). The van der Waals surface area contributed by atoms with Crippen molar-refractivity contribution in [1.29, 1.82) is 0 Å². The lowest BCUT2D eigenvalue weighted by atomic mass is 10.0. The minimum absolute atomic E-state index is 0.258. The van der Waals surface area contributed by atoms with Gasteiger partial charge in [0.2, 0.25) is 0 Å². The molecular formula is C15H22N4. The van der Waals surface area contributed by atoms with Crippen LogP contribution in [0.25, 0.3) is 0 Å². The minimum atomic E-state index is 0.258. The van der Waals surface area contributed by atoms with E-state index in [4.69, 9.17) is 0 Å². The predicted octanol–water partition coefficient (Wildman–Crippen LogP) is 2.19. The highest BCUT2D eigenvalue weighted by Gasteiger charge is 2.16. The third-order valence-electron chi connectivity index (χ3n) is 3.70. The van der Waals surface area contributed by atoms with Gasteiger partial charge in [-0.05, 0) is 32.0 Å². The van der Waals surface area contributed by atoms with Gasteiger partial charge in [0.15, 0.2) is 0 Å². The Morgan fingerprint density at radius 2 is 2.11 bits per heavy atom. The van der Waals surface area contributed by atoms with Gasteiger partial charge in [0.1, 0.15) is 0 Å². The van der Waals surface area contributed by atoms with Crippen LogP contribution in [-0.4, -0.2) is 21.8 Å². The zero-order valence-electron chi connectivity index (χ0n) is 12.1. The molecule has 102 valence electrons. The normalized spacial score (nSPS) is 12.6. The van der Waals surface area contributed by atoms with E-state index in [-0.39, 0.29) is 6.04 Å². The number of rotatable bonds is 5. The monoisotopic (exact) mass is 258 g/mol. The van der Waals surface area contributed by atoms with Crippen LogP contribution >= 0.6 is 0 Å². The second-order valence-electron chi connectivity index (χ2n) is 4.87. The number of aromatic nitrogens is 3. The van der Waals surface area contributed by atoms with E-state index in [0.29, 0.717) is 0 Å². The second kappa shape index (κ2) is 5.97. The Morgan fingerprint density at radius 3 is 2.58 bits per heavy atom. The third kappa shape index (κ3) is 3.01. The van der Waals surface area contributed by atoms with Crippen molar-refractivity contribution < 1.29 is 0 Å². The fourth-order valence-electron chi connectivity index (χ4n) is 2.22. The number of aryl methyl sites for hydroxylation is 2. The van der Waals surface area contributed by atoms with Crippen LogP contribution in [0.4, 0.5) is 0 Å². The Balaban J connectivity index is 2.16. The highest BCUT2D eigenvalue weighted by Crippen LogP contribution is 2.20. The van der Waals surface area contributed by atoms with E-state index in [9.17, 15) is 0 Å². The molecule has 0 saturated carbocycles. The smallest absolute Gasteiger partial charge is 0.0540 e. The predicted molar refractivity (Wildman–Crippen MR) is 77.1 cm³/mol. The molecule has 0 fully saturated rings. The van der Waals surface area contributed by atoms with Crippen LogP contribution in [0.5, 0.6) is 0 Å². The summed E-state index contributed by atoms with van der Waals surface area (Å²) < 4.78 is 1.91. The maximum absolute atomic E-state index is 4.53. The molecule has 1 unspecified atom stereocenters. The van der Waals surface area contributed by atoms with Crippen LogP contribution in [-0.2, 0) is 19.9 Å². The number of hydrogen-bond acceptors (Lipinski definition) is 3. The summed E-state index contributed by atoms with van der Waals surface area (Å²) in [7, 11) is 3.96. The van der Waals surface area contributed by atoms with Gasteiger partial charge < -0.3 is 5.32 Å². The van der Waals surface area contributed by atoms with Gasteiger partial charge in [0, 0.05) is 42.7 Å². The lowest BCUT2D eigenvalue weighted by Crippen LogP contribution is -2.20. The topological polar surface area (TPSA) is 42.7 Å². The number of likely N-dealkylation sites (N-methyl/N-ethyl adjacent to an activating group) is 1. The molecule has 2 aromatic rings. The average Bonchev–Trinajstić information content (AvgIpc) is 2.77. The van der Waals surface area contributed by atoms with E-state index in [1.54, 1.807) is 0 Å². The number of nitrogens with one attached hydrogen (secondary N) is 1. The fourth-order valence-corrected chi connectivity index (χ4v) is 2.22. The molecule has 0 bridgehead atoms. The van der Waals surface area contributed by atoms with Crippen molar-refractivity contribution in [2.45, 2.75) is 32.7 Å². The van der Waals surface area contributed by atoms with Gasteiger partial charge in [0.05, 0.1) is 6.20 Å². The number of nitrogens with zero attached hydrogens (tertiary/aromatic N) is 3. The summed E-state index contributed by atoms with van der Waals surface area (Å²) in [5, 5.41) is 7.67. The molecule has 0 aromatic carbocycles. The zero-order valence-corrected chi connectivity index (χ0v) is 12.1. The summed E-state index contributed by atoms with van der Waals surface area (Å²) in [4.78, 5) is 4.53. The molecule has 2 heterocycles. The van der Waals surface area contributed by atoms with Crippen molar-refractivity contribution in [1.82, 2.24) is 20.1 Å². The minimum Gasteiger partial charge on any atom is -0.313 e. The zero-order chi connectivity index (χ0) is 13.8. The molecular weight excluding hydrogens is 236 g/mol. The van der Waals surface area contributed by atoms with Crippen LogP contribution in [0.1, 0.15) is 35.5 Å². The maximum Gasteiger partial charge on any atom is 0.0540 e. The Morgan fingerprint density at radius 1 is 1.32 bits per heavy atom. The highest BCUT2D eigenvalue weighted by atomic mass is 15.3. The average molecular weight is 258 g/mol. The molecule has 4 nitrogen and oxygen atoms in total. The van der Waals surface area contributed by atoms with Crippen molar-refractivity contribution in [2.24, 2.45) is 7.05 Å². The van der Waals surface area contributed by atoms with Crippen molar-refractivity contribution in [3.8, 4) is 0 Å². The summed E-state index contributed by atoms with van der Waals surface area (Å²) in [6.45, 7) is 4.24. The van der Waals surface area contributed by atoms with Gasteiger partial charge in [-0.25, -0.2) is 0 Å². The van der Waals surface area contributed by atoms with E-state index in [1.165, 1.54) is 16.8 Å². The van der Waals surface area contributed by atoms with Crippen LogP contribution in [0.2, 0.25) is 0 Å². The van der Waals surface area contributed by atoms with Crippen LogP contribution in [0.3, 0.4) is 0 Å². The molecule has 0 amide bonds. The van der Waals surface area contributed by atoms with Gasteiger partial charge in [-0.2, -0.15) is 5.10 Å². The van der Waals surface area contributed by atoms with Gasteiger partial charge >= 0.3 is 0 Å². The maximum atomic E-state index is 4.53. The molecule has 19 heavy (non-hydrogen) atoms. The van der Waals surface area contributed by atoms with E-state index in [0.717, 1.165) is 18.5 Å². The first-order valence-electron chi connectivity index (χ1n) is 6.75.